The Hall–Kier alpha value is -4.26. The molecule has 226 valence electrons. The van der Waals surface area contributed by atoms with Crippen LogP contribution in [0.3, 0.4) is 0 Å². The Morgan fingerprint density at radius 3 is 2.68 bits per heavy atom. The van der Waals surface area contributed by atoms with Gasteiger partial charge in [0.15, 0.2) is 0 Å². The minimum Gasteiger partial charge on any atom is -0.481 e. The van der Waals surface area contributed by atoms with Crippen molar-refractivity contribution in [1.29, 1.82) is 5.26 Å². The van der Waals surface area contributed by atoms with Gasteiger partial charge in [0.2, 0.25) is 5.88 Å². The number of aromatic nitrogens is 2. The normalized spacial score (nSPS) is 18.0. The molecule has 0 bridgehead atoms. The largest absolute Gasteiger partial charge is 0.481 e. The van der Waals surface area contributed by atoms with Crippen molar-refractivity contribution in [2.45, 2.75) is 58.0 Å². The van der Waals surface area contributed by atoms with Crippen molar-refractivity contribution in [2.24, 2.45) is 11.3 Å². The van der Waals surface area contributed by atoms with Crippen molar-refractivity contribution in [3.05, 3.63) is 76.8 Å². The van der Waals surface area contributed by atoms with Crippen molar-refractivity contribution in [2.75, 3.05) is 24.3 Å². The van der Waals surface area contributed by atoms with Gasteiger partial charge in [-0.15, -0.1) is 5.53 Å². The second-order valence-electron chi connectivity index (χ2n) is 13.3. The summed E-state index contributed by atoms with van der Waals surface area (Å²) in [6.45, 7) is 7.15. The van der Waals surface area contributed by atoms with E-state index >= 15 is 0 Å². The lowest BCUT2D eigenvalue weighted by molar-refractivity contribution is 0.156. The van der Waals surface area contributed by atoms with Crippen LogP contribution < -0.4 is 26.3 Å². The van der Waals surface area contributed by atoms with Gasteiger partial charge in [-0.3, -0.25) is 9.99 Å². The molecule has 3 aliphatic rings. The second kappa shape index (κ2) is 10.7. The number of hydrogen-bond donors (Lipinski definition) is 4. The van der Waals surface area contributed by atoms with Crippen LogP contribution in [-0.2, 0) is 0 Å². The van der Waals surface area contributed by atoms with Crippen LogP contribution in [0.15, 0.2) is 60.7 Å². The molecule has 7 rings (SSSR count). The highest BCUT2D eigenvalue weighted by atomic mass is 35.5. The molecule has 0 radical (unpaired) electrons. The van der Waals surface area contributed by atoms with Crippen LogP contribution >= 0.6 is 11.6 Å². The molecule has 2 saturated carbocycles. The smallest absolute Gasteiger partial charge is 0.221 e. The molecule has 0 saturated heterocycles. The third kappa shape index (κ3) is 5.12. The number of pyridine rings is 2. The van der Waals surface area contributed by atoms with Gasteiger partial charge in [-0.05, 0) is 72.2 Å². The lowest BCUT2D eigenvalue weighted by Crippen LogP contribution is -2.46. The van der Waals surface area contributed by atoms with E-state index in [4.69, 9.17) is 16.3 Å². The van der Waals surface area contributed by atoms with Crippen LogP contribution in [0.2, 0.25) is 5.02 Å². The van der Waals surface area contributed by atoms with E-state index in [0.717, 1.165) is 44.7 Å². The molecule has 3 heterocycles. The summed E-state index contributed by atoms with van der Waals surface area (Å²) in [5.41, 5.74) is 11.9. The third-order valence-electron chi connectivity index (χ3n) is 8.94. The van der Waals surface area contributed by atoms with Crippen molar-refractivity contribution in [3.63, 3.8) is 0 Å². The molecule has 0 unspecified atom stereocenters. The maximum Gasteiger partial charge on any atom is 0.221 e. The van der Waals surface area contributed by atoms with E-state index in [1.165, 1.54) is 25.7 Å². The number of halogens is 1. The third-order valence-corrected chi connectivity index (χ3v) is 9.23. The maximum absolute atomic E-state index is 9.94. The topological polar surface area (TPSA) is 110 Å². The molecule has 2 aliphatic carbocycles. The average molecular weight is 609 g/mol. The number of benzene rings is 2. The first-order valence-corrected chi connectivity index (χ1v) is 15.6. The van der Waals surface area contributed by atoms with E-state index in [-0.39, 0.29) is 17.0 Å². The molecule has 0 spiro atoms. The summed E-state index contributed by atoms with van der Waals surface area (Å²) in [5, 5.41) is 22.8. The molecule has 9 nitrogen and oxygen atoms in total. The number of fused-ring (bicyclic) bond motifs is 2. The Morgan fingerprint density at radius 1 is 1.16 bits per heavy atom. The molecule has 2 fully saturated rings. The molecule has 2 aromatic carbocycles. The quantitative estimate of drug-likeness (QED) is 0.159. The molecular weight excluding hydrogens is 572 g/mol. The highest BCUT2D eigenvalue weighted by Gasteiger charge is 2.58. The van der Waals surface area contributed by atoms with Gasteiger partial charge in [0.25, 0.3) is 0 Å². The van der Waals surface area contributed by atoms with Crippen LogP contribution in [0.1, 0.15) is 63.6 Å². The summed E-state index contributed by atoms with van der Waals surface area (Å²) < 4.78 is 5.61. The molecule has 1 atom stereocenters. The number of nitriles is 1. The first-order valence-electron chi connectivity index (χ1n) is 15.2. The molecule has 4 N–H and O–H groups in total. The van der Waals surface area contributed by atoms with Gasteiger partial charge < -0.3 is 20.8 Å². The number of ether oxygens (including phenoxy) is 1. The molecule has 2 aromatic heterocycles. The van der Waals surface area contributed by atoms with Gasteiger partial charge in [-0.2, -0.15) is 5.26 Å². The van der Waals surface area contributed by atoms with Crippen LogP contribution in [0, 0.1) is 22.7 Å². The van der Waals surface area contributed by atoms with E-state index in [2.05, 4.69) is 75.7 Å². The Kier molecular flexibility index (Phi) is 6.95. The van der Waals surface area contributed by atoms with E-state index in [0.29, 0.717) is 28.5 Å². The highest BCUT2D eigenvalue weighted by molar-refractivity contribution is 6.35. The zero-order chi connectivity index (χ0) is 30.6. The van der Waals surface area contributed by atoms with Gasteiger partial charge in [0.05, 0.1) is 46.2 Å². The number of nitrogens with one attached hydrogen (secondary N) is 4. The second-order valence-corrected chi connectivity index (χ2v) is 13.7. The monoisotopic (exact) mass is 608 g/mol. The number of rotatable bonds is 9. The molecule has 44 heavy (non-hydrogen) atoms. The predicted molar refractivity (Wildman–Crippen MR) is 175 cm³/mol. The Morgan fingerprint density at radius 2 is 1.98 bits per heavy atom. The van der Waals surface area contributed by atoms with E-state index < -0.39 is 0 Å². The van der Waals surface area contributed by atoms with Crippen LogP contribution in [0.5, 0.6) is 5.88 Å². The Labute approximate surface area is 262 Å². The number of nitrogens with zero attached hydrogens (tertiary/aromatic N) is 4. The van der Waals surface area contributed by atoms with E-state index in [1.807, 2.05) is 30.3 Å². The summed E-state index contributed by atoms with van der Waals surface area (Å²) in [6.07, 6.45) is 10.6. The van der Waals surface area contributed by atoms with Gasteiger partial charge in [-0.25, -0.2) is 4.98 Å². The Balaban J connectivity index is 1.34. The molecule has 0 amide bonds. The molecule has 4 aromatic rings. The standard InChI is InChI=1S/C34H37ClN8O/c1-33(2,3)19-39-29-20(16-36)17-38-30-26(29)14-22(15-27(30)35)40-31(24-6-5-7-25-23(24)10-13-37-32(25)44-4)28-18-43(42-41-28)34(11-12-34)21-8-9-21/h5-7,10,13-15,17-18,21,31,40-42H,8-9,11-12,19H2,1-4H3,(H,38,39)/t31-/m0/s1. The maximum atomic E-state index is 9.94. The molecular formula is C34H37ClN8O. The van der Waals surface area contributed by atoms with Crippen molar-refractivity contribution in [3.8, 4) is 11.9 Å². The minimum atomic E-state index is -0.273. The highest BCUT2D eigenvalue weighted by Crippen LogP contribution is 2.57. The van der Waals surface area contributed by atoms with E-state index in [1.54, 1.807) is 19.5 Å². The number of hydrazine groups is 2. The predicted octanol–water partition coefficient (Wildman–Crippen LogP) is 7.04. The minimum absolute atomic E-state index is 0.0101. The first-order chi connectivity index (χ1) is 21.2. The lowest BCUT2D eigenvalue weighted by Gasteiger charge is -2.26. The Bertz CT molecular complexity index is 1830. The van der Waals surface area contributed by atoms with Gasteiger partial charge >= 0.3 is 0 Å². The van der Waals surface area contributed by atoms with Gasteiger partial charge in [0.1, 0.15) is 6.07 Å². The number of hydrogen-bond acceptors (Lipinski definition) is 9. The zero-order valence-electron chi connectivity index (χ0n) is 25.5. The van der Waals surface area contributed by atoms with Crippen molar-refractivity contribution < 1.29 is 4.74 Å². The van der Waals surface area contributed by atoms with Crippen molar-refractivity contribution in [1.82, 2.24) is 25.9 Å². The van der Waals surface area contributed by atoms with Crippen molar-refractivity contribution >= 4 is 44.7 Å². The zero-order valence-corrected chi connectivity index (χ0v) is 26.2. The van der Waals surface area contributed by atoms with Crippen LogP contribution in [0.4, 0.5) is 11.4 Å². The fourth-order valence-electron chi connectivity index (χ4n) is 6.39. The fourth-order valence-corrected chi connectivity index (χ4v) is 6.66. The summed E-state index contributed by atoms with van der Waals surface area (Å²) >= 11 is 6.89. The summed E-state index contributed by atoms with van der Waals surface area (Å²) in [7, 11) is 1.64. The summed E-state index contributed by atoms with van der Waals surface area (Å²) in [5.74, 6) is 1.33. The molecule has 1 aliphatic heterocycles. The lowest BCUT2D eigenvalue weighted by atomic mass is 9.96. The van der Waals surface area contributed by atoms with Gasteiger partial charge in [-0.1, -0.05) is 44.5 Å². The van der Waals surface area contributed by atoms with Gasteiger partial charge in [0, 0.05) is 41.6 Å². The van der Waals surface area contributed by atoms with E-state index in [9.17, 15) is 5.26 Å². The summed E-state index contributed by atoms with van der Waals surface area (Å²) in [6, 6.07) is 14.2. The number of methoxy groups -OCH3 is 1. The first kappa shape index (κ1) is 28.5. The van der Waals surface area contributed by atoms with Crippen LogP contribution in [0.25, 0.3) is 21.7 Å². The SMILES string of the molecule is COc1nccc2c([C@H](Nc3cc(Cl)c4ncc(C#N)c(NCC(C)(C)C)c4c3)C3=CN(C4(C5CC5)CC4)NN3)cccc12. The summed E-state index contributed by atoms with van der Waals surface area (Å²) in [4.78, 5) is 9.00. The van der Waals surface area contributed by atoms with Crippen LogP contribution in [-0.4, -0.2) is 34.2 Å². The molecule has 10 heteroatoms. The fraction of sp³-hybridized carbons (Fsp3) is 0.382. The average Bonchev–Trinajstić information content (AvgIpc) is 3.95. The number of anilines is 2.